The molecule has 0 amide bonds. The van der Waals surface area contributed by atoms with E-state index in [2.05, 4.69) is 0 Å². The highest BCUT2D eigenvalue weighted by Crippen LogP contribution is 1.96. The zero-order valence-corrected chi connectivity index (χ0v) is 6.36. The molecule has 0 saturated heterocycles. The maximum absolute atomic E-state index is 9.06. The number of hydrogen-bond donors (Lipinski definition) is 2. The first-order chi connectivity index (χ1) is 4.72. The highest BCUT2D eigenvalue weighted by atomic mass is 16.3. The minimum atomic E-state index is -0.777. The summed E-state index contributed by atoms with van der Waals surface area (Å²) in [6.45, 7) is 3.59. The lowest BCUT2D eigenvalue weighted by molar-refractivity contribution is 0.0807. The molecule has 0 bridgehead atoms. The first kappa shape index (κ1) is 9.40. The zero-order chi connectivity index (χ0) is 7.98. The molecule has 2 N–H and O–H groups in total. The molecule has 2 heteroatoms. The highest BCUT2D eigenvalue weighted by molar-refractivity contribution is 4.98. The van der Waals surface area contributed by atoms with E-state index in [1.165, 1.54) is 0 Å². The van der Waals surface area contributed by atoms with Gasteiger partial charge in [-0.1, -0.05) is 24.3 Å². The second-order valence-electron chi connectivity index (χ2n) is 2.03. The fraction of sp³-hybridized carbons (Fsp3) is 0.500. The molecule has 0 fully saturated rings. The molecule has 0 spiro atoms. The van der Waals surface area contributed by atoms with Crippen LogP contribution in [0.2, 0.25) is 0 Å². The van der Waals surface area contributed by atoms with Gasteiger partial charge in [0.15, 0.2) is 0 Å². The molecule has 0 heterocycles. The maximum Gasteiger partial charge on any atom is 0.102 e. The normalized spacial score (nSPS) is 18.4. The molecule has 0 aliphatic heterocycles. The monoisotopic (exact) mass is 142 g/mol. The van der Waals surface area contributed by atoms with Gasteiger partial charge in [-0.15, -0.1) is 0 Å². The Morgan fingerprint density at radius 3 is 1.40 bits per heavy atom. The SMILES string of the molecule is CC=C[C@@H](O)[C@H](O)C=CC. The third-order valence-corrected chi connectivity index (χ3v) is 1.13. The van der Waals surface area contributed by atoms with Gasteiger partial charge >= 0.3 is 0 Å². The standard InChI is InChI=1S/C8H14O2/c1-3-5-7(9)8(10)6-4-2/h3-10H,1-2H3/t7-,8-/m1/s1. The van der Waals surface area contributed by atoms with E-state index in [1.54, 1.807) is 38.2 Å². The van der Waals surface area contributed by atoms with Gasteiger partial charge in [0.1, 0.15) is 12.2 Å². The van der Waals surface area contributed by atoms with E-state index in [0.717, 1.165) is 0 Å². The zero-order valence-electron chi connectivity index (χ0n) is 6.36. The summed E-state index contributed by atoms with van der Waals surface area (Å²) in [6, 6.07) is 0. The Hall–Kier alpha value is -0.600. The molecule has 0 saturated carbocycles. The summed E-state index contributed by atoms with van der Waals surface area (Å²) >= 11 is 0. The lowest BCUT2D eigenvalue weighted by Gasteiger charge is -2.08. The van der Waals surface area contributed by atoms with Gasteiger partial charge in [0.2, 0.25) is 0 Å². The number of rotatable bonds is 3. The molecular weight excluding hydrogens is 128 g/mol. The van der Waals surface area contributed by atoms with E-state index in [0.29, 0.717) is 0 Å². The molecule has 0 aromatic carbocycles. The van der Waals surface area contributed by atoms with Gasteiger partial charge in [0.05, 0.1) is 0 Å². The van der Waals surface area contributed by atoms with E-state index >= 15 is 0 Å². The average Bonchev–Trinajstić information content (AvgIpc) is 1.89. The van der Waals surface area contributed by atoms with Crippen molar-refractivity contribution in [2.24, 2.45) is 0 Å². The first-order valence-electron chi connectivity index (χ1n) is 3.34. The van der Waals surface area contributed by atoms with Crippen LogP contribution in [0.4, 0.5) is 0 Å². The van der Waals surface area contributed by atoms with Gasteiger partial charge in [-0.25, -0.2) is 0 Å². The summed E-state index contributed by atoms with van der Waals surface area (Å²) in [4.78, 5) is 0. The lowest BCUT2D eigenvalue weighted by atomic mass is 10.2. The van der Waals surface area contributed by atoms with E-state index in [-0.39, 0.29) is 0 Å². The molecule has 0 aromatic heterocycles. The Bertz CT molecular complexity index is 111. The molecule has 0 rings (SSSR count). The van der Waals surface area contributed by atoms with Crippen molar-refractivity contribution in [2.45, 2.75) is 26.1 Å². The van der Waals surface area contributed by atoms with Gasteiger partial charge in [0.25, 0.3) is 0 Å². The minimum Gasteiger partial charge on any atom is -0.386 e. The van der Waals surface area contributed by atoms with Gasteiger partial charge in [0, 0.05) is 0 Å². The lowest BCUT2D eigenvalue weighted by Crippen LogP contribution is -2.20. The van der Waals surface area contributed by atoms with Crippen molar-refractivity contribution in [3.63, 3.8) is 0 Å². The van der Waals surface area contributed by atoms with Gasteiger partial charge in [-0.2, -0.15) is 0 Å². The number of aliphatic hydroxyl groups is 2. The Balaban J connectivity index is 3.81. The van der Waals surface area contributed by atoms with E-state index < -0.39 is 12.2 Å². The maximum atomic E-state index is 9.06. The molecule has 58 valence electrons. The summed E-state index contributed by atoms with van der Waals surface area (Å²) < 4.78 is 0. The molecule has 2 nitrogen and oxygen atoms in total. The summed E-state index contributed by atoms with van der Waals surface area (Å²) in [5, 5.41) is 18.1. The van der Waals surface area contributed by atoms with Crippen LogP contribution in [0.5, 0.6) is 0 Å². The van der Waals surface area contributed by atoms with Crippen molar-refractivity contribution in [2.75, 3.05) is 0 Å². The van der Waals surface area contributed by atoms with E-state index in [4.69, 9.17) is 10.2 Å². The third-order valence-electron chi connectivity index (χ3n) is 1.13. The number of allylic oxidation sites excluding steroid dienone is 2. The van der Waals surface area contributed by atoms with Crippen LogP contribution < -0.4 is 0 Å². The Morgan fingerprint density at radius 2 is 1.20 bits per heavy atom. The van der Waals surface area contributed by atoms with Crippen LogP contribution in [-0.2, 0) is 0 Å². The summed E-state index contributed by atoms with van der Waals surface area (Å²) in [7, 11) is 0. The van der Waals surface area contributed by atoms with Crippen LogP contribution in [0.1, 0.15) is 13.8 Å². The second kappa shape index (κ2) is 5.21. The quantitative estimate of drug-likeness (QED) is 0.574. The molecule has 10 heavy (non-hydrogen) atoms. The van der Waals surface area contributed by atoms with Crippen molar-refractivity contribution in [1.82, 2.24) is 0 Å². The Kier molecular flexibility index (Phi) is 4.89. The molecule has 0 radical (unpaired) electrons. The Labute approximate surface area is 61.5 Å². The van der Waals surface area contributed by atoms with Crippen LogP contribution in [-0.4, -0.2) is 22.4 Å². The largest absolute Gasteiger partial charge is 0.386 e. The fourth-order valence-corrected chi connectivity index (χ4v) is 0.622. The summed E-state index contributed by atoms with van der Waals surface area (Å²) in [5.74, 6) is 0. The summed E-state index contributed by atoms with van der Waals surface area (Å²) in [5.41, 5.74) is 0. The smallest absolute Gasteiger partial charge is 0.102 e. The molecule has 0 aromatic rings. The van der Waals surface area contributed by atoms with Crippen molar-refractivity contribution >= 4 is 0 Å². The highest BCUT2D eigenvalue weighted by Gasteiger charge is 2.06. The van der Waals surface area contributed by atoms with E-state index in [9.17, 15) is 0 Å². The van der Waals surface area contributed by atoms with Gasteiger partial charge < -0.3 is 10.2 Å². The van der Waals surface area contributed by atoms with Crippen LogP contribution >= 0.6 is 0 Å². The number of hydrogen-bond acceptors (Lipinski definition) is 2. The van der Waals surface area contributed by atoms with Crippen molar-refractivity contribution in [3.8, 4) is 0 Å². The van der Waals surface area contributed by atoms with Crippen LogP contribution in [0, 0.1) is 0 Å². The van der Waals surface area contributed by atoms with E-state index in [1.807, 2.05) is 0 Å². The fourth-order valence-electron chi connectivity index (χ4n) is 0.622. The van der Waals surface area contributed by atoms with Crippen LogP contribution in [0.15, 0.2) is 24.3 Å². The summed E-state index contributed by atoms with van der Waals surface area (Å²) in [6.07, 6.45) is 4.95. The first-order valence-corrected chi connectivity index (χ1v) is 3.34. The Morgan fingerprint density at radius 1 is 0.900 bits per heavy atom. The van der Waals surface area contributed by atoms with Crippen molar-refractivity contribution in [3.05, 3.63) is 24.3 Å². The van der Waals surface area contributed by atoms with Gasteiger partial charge in [-0.05, 0) is 13.8 Å². The molecular formula is C8H14O2. The van der Waals surface area contributed by atoms with Crippen LogP contribution in [0.3, 0.4) is 0 Å². The minimum absolute atomic E-state index is 0.777. The molecule has 2 atom stereocenters. The van der Waals surface area contributed by atoms with Crippen molar-refractivity contribution in [1.29, 1.82) is 0 Å². The molecule has 0 aliphatic carbocycles. The predicted molar refractivity (Wildman–Crippen MR) is 41.6 cm³/mol. The topological polar surface area (TPSA) is 40.5 Å². The van der Waals surface area contributed by atoms with Gasteiger partial charge in [-0.3, -0.25) is 0 Å². The predicted octanol–water partition coefficient (Wildman–Crippen LogP) is 0.860. The van der Waals surface area contributed by atoms with Crippen LogP contribution in [0.25, 0.3) is 0 Å². The molecule has 0 unspecified atom stereocenters. The average molecular weight is 142 g/mol. The number of aliphatic hydroxyl groups excluding tert-OH is 2. The molecule has 0 aliphatic rings. The third kappa shape index (κ3) is 3.43. The second-order valence-corrected chi connectivity index (χ2v) is 2.03. The van der Waals surface area contributed by atoms with Crippen molar-refractivity contribution < 1.29 is 10.2 Å².